The molecule has 0 saturated carbocycles. The summed E-state index contributed by atoms with van der Waals surface area (Å²) in [7, 11) is 0. The number of para-hydroxylation sites is 1. The molecule has 0 N–H and O–H groups in total. The summed E-state index contributed by atoms with van der Waals surface area (Å²) in [6.45, 7) is 3.57. The molecule has 4 rings (SSSR count). The average Bonchev–Trinajstić information content (AvgIpc) is 3.07. The van der Waals surface area contributed by atoms with Gasteiger partial charge in [0.15, 0.2) is 6.10 Å². The molecule has 2 aromatic rings. The van der Waals surface area contributed by atoms with Crippen molar-refractivity contribution in [3.05, 3.63) is 42.5 Å². The van der Waals surface area contributed by atoms with Crippen LogP contribution in [0, 0.1) is 6.92 Å². The number of fused-ring (bicyclic) bond motifs is 1. The Kier molecular flexibility index (Phi) is 4.22. The molecule has 0 radical (unpaired) electrons. The zero-order valence-electron chi connectivity index (χ0n) is 13.7. The zero-order valence-corrected chi connectivity index (χ0v) is 14.5. The van der Waals surface area contributed by atoms with Crippen molar-refractivity contribution in [2.24, 2.45) is 0 Å². The molecule has 0 aliphatic carbocycles. The van der Waals surface area contributed by atoms with Crippen molar-refractivity contribution < 1.29 is 9.53 Å². The number of aryl methyl sites for hydroxylation is 1. The van der Waals surface area contributed by atoms with Crippen LogP contribution in [0.1, 0.15) is 24.7 Å². The maximum absolute atomic E-state index is 12.9. The van der Waals surface area contributed by atoms with Crippen molar-refractivity contribution in [3.8, 4) is 5.75 Å². The predicted octanol–water partition coefficient (Wildman–Crippen LogP) is 2.91. The lowest BCUT2D eigenvalue weighted by atomic mass is 10.0. The Morgan fingerprint density at radius 3 is 3.08 bits per heavy atom. The van der Waals surface area contributed by atoms with Crippen molar-refractivity contribution >= 4 is 17.7 Å². The number of benzene rings is 1. The van der Waals surface area contributed by atoms with E-state index in [1.54, 1.807) is 11.8 Å². The minimum Gasteiger partial charge on any atom is -0.479 e. The summed E-state index contributed by atoms with van der Waals surface area (Å²) < 4.78 is 8.15. The van der Waals surface area contributed by atoms with E-state index in [2.05, 4.69) is 9.55 Å². The number of likely N-dealkylation sites (tertiary alicyclic amines) is 1. The number of rotatable bonds is 2. The van der Waals surface area contributed by atoms with Crippen LogP contribution in [0.3, 0.4) is 0 Å². The van der Waals surface area contributed by atoms with Crippen LogP contribution in [-0.2, 0) is 4.79 Å². The molecule has 1 aromatic carbocycles. The van der Waals surface area contributed by atoms with Crippen molar-refractivity contribution in [2.45, 2.75) is 36.8 Å². The Bertz CT molecular complexity index is 745. The van der Waals surface area contributed by atoms with E-state index < -0.39 is 0 Å². The number of carbonyl (C=O) groups excluding carboxylic acids is 1. The number of nitrogens with zero attached hydrogens (tertiary/aromatic N) is 3. The van der Waals surface area contributed by atoms with Crippen LogP contribution in [0.2, 0.25) is 0 Å². The van der Waals surface area contributed by atoms with E-state index >= 15 is 0 Å². The number of thioether (sulfide) groups is 1. The second-order valence-corrected chi connectivity index (χ2v) is 7.39. The summed E-state index contributed by atoms with van der Waals surface area (Å²) in [6.07, 6.45) is 5.56. The van der Waals surface area contributed by atoms with E-state index in [0.717, 1.165) is 42.4 Å². The molecule has 126 valence electrons. The Morgan fingerprint density at radius 2 is 2.25 bits per heavy atom. The highest BCUT2D eigenvalue weighted by Gasteiger charge is 2.33. The summed E-state index contributed by atoms with van der Waals surface area (Å²) in [5, 5.41) is 0. The normalized spacial score (nSPS) is 23.5. The predicted molar refractivity (Wildman–Crippen MR) is 93.4 cm³/mol. The number of ether oxygens (including phenoxy) is 1. The van der Waals surface area contributed by atoms with Crippen LogP contribution in [-0.4, -0.2) is 45.3 Å². The van der Waals surface area contributed by atoms with Crippen LogP contribution < -0.4 is 4.74 Å². The van der Waals surface area contributed by atoms with Gasteiger partial charge >= 0.3 is 0 Å². The minimum atomic E-state index is -0.382. The van der Waals surface area contributed by atoms with Gasteiger partial charge in [-0.2, -0.15) is 0 Å². The Morgan fingerprint density at radius 1 is 1.38 bits per heavy atom. The Labute approximate surface area is 146 Å². The largest absolute Gasteiger partial charge is 0.479 e. The van der Waals surface area contributed by atoms with E-state index in [4.69, 9.17) is 4.74 Å². The Hall–Kier alpha value is -1.95. The molecule has 1 amide bonds. The molecule has 2 aliphatic rings. The minimum absolute atomic E-state index is 0.111. The lowest BCUT2D eigenvalue weighted by Crippen LogP contribution is -2.48. The fourth-order valence-corrected chi connectivity index (χ4v) is 4.48. The molecule has 0 bridgehead atoms. The van der Waals surface area contributed by atoms with E-state index in [9.17, 15) is 4.79 Å². The monoisotopic (exact) mass is 343 g/mol. The number of imidazole rings is 1. The molecule has 1 saturated heterocycles. The summed E-state index contributed by atoms with van der Waals surface area (Å²) in [4.78, 5) is 20.3. The summed E-state index contributed by atoms with van der Waals surface area (Å²) in [5.41, 5.74) is 0. The molecule has 1 aromatic heterocycles. The molecule has 2 aliphatic heterocycles. The zero-order chi connectivity index (χ0) is 16.5. The van der Waals surface area contributed by atoms with E-state index in [0.29, 0.717) is 11.8 Å². The maximum Gasteiger partial charge on any atom is 0.264 e. The number of amides is 1. The first-order valence-electron chi connectivity index (χ1n) is 8.39. The van der Waals surface area contributed by atoms with Gasteiger partial charge in [0, 0.05) is 36.1 Å². The maximum atomic E-state index is 12.9. The lowest BCUT2D eigenvalue weighted by Gasteiger charge is -2.36. The van der Waals surface area contributed by atoms with Gasteiger partial charge in [-0.1, -0.05) is 12.1 Å². The molecule has 5 nitrogen and oxygen atoms in total. The van der Waals surface area contributed by atoms with Gasteiger partial charge in [0.05, 0.1) is 6.04 Å². The van der Waals surface area contributed by atoms with Gasteiger partial charge < -0.3 is 14.2 Å². The molecule has 6 heteroatoms. The molecular formula is C18H21N3O2S. The average molecular weight is 343 g/mol. The molecule has 0 spiro atoms. The van der Waals surface area contributed by atoms with Gasteiger partial charge in [-0.3, -0.25) is 4.79 Å². The topological polar surface area (TPSA) is 47.4 Å². The second-order valence-electron chi connectivity index (χ2n) is 6.33. The number of piperidine rings is 1. The van der Waals surface area contributed by atoms with Crippen LogP contribution in [0.4, 0.5) is 0 Å². The molecular weight excluding hydrogens is 322 g/mol. The highest BCUT2D eigenvalue weighted by Crippen LogP contribution is 2.35. The van der Waals surface area contributed by atoms with E-state index in [1.165, 1.54) is 0 Å². The van der Waals surface area contributed by atoms with Crippen LogP contribution >= 0.6 is 11.8 Å². The van der Waals surface area contributed by atoms with Crippen molar-refractivity contribution in [1.29, 1.82) is 0 Å². The SMILES string of the molecule is Cc1nccn1[C@@H]1CCCN(C(=O)[C@H]2CSc3ccccc3O2)C1. The quantitative estimate of drug-likeness (QED) is 0.841. The third kappa shape index (κ3) is 2.90. The van der Waals surface area contributed by atoms with Crippen molar-refractivity contribution in [1.82, 2.24) is 14.5 Å². The molecule has 3 heterocycles. The smallest absolute Gasteiger partial charge is 0.264 e. The first-order chi connectivity index (χ1) is 11.7. The van der Waals surface area contributed by atoms with Gasteiger partial charge in [-0.05, 0) is 31.9 Å². The second kappa shape index (κ2) is 6.51. The van der Waals surface area contributed by atoms with Crippen LogP contribution in [0.15, 0.2) is 41.6 Å². The Balaban J connectivity index is 1.46. The summed E-state index contributed by atoms with van der Waals surface area (Å²) in [6, 6.07) is 8.24. The molecule has 1 fully saturated rings. The van der Waals surface area contributed by atoms with E-state index in [-0.39, 0.29) is 12.0 Å². The summed E-state index contributed by atoms with van der Waals surface area (Å²) in [5.74, 6) is 2.62. The van der Waals surface area contributed by atoms with Gasteiger partial charge in [0.25, 0.3) is 5.91 Å². The highest BCUT2D eigenvalue weighted by atomic mass is 32.2. The van der Waals surface area contributed by atoms with Gasteiger partial charge in [-0.15, -0.1) is 11.8 Å². The van der Waals surface area contributed by atoms with Crippen molar-refractivity contribution in [2.75, 3.05) is 18.8 Å². The fourth-order valence-electron chi connectivity index (χ4n) is 3.50. The van der Waals surface area contributed by atoms with Gasteiger partial charge in [0.2, 0.25) is 0 Å². The number of carbonyl (C=O) groups is 1. The summed E-state index contributed by atoms with van der Waals surface area (Å²) >= 11 is 1.70. The van der Waals surface area contributed by atoms with Gasteiger partial charge in [0.1, 0.15) is 11.6 Å². The standard InChI is InChI=1S/C18H21N3O2S/c1-13-19-8-10-21(13)14-5-4-9-20(11-14)18(22)16-12-24-17-7-3-2-6-15(17)23-16/h2-3,6-8,10,14,16H,4-5,9,11-12H2,1H3/t14-,16-/m1/s1. The number of hydrogen-bond donors (Lipinski definition) is 0. The van der Waals surface area contributed by atoms with Crippen LogP contribution in [0.5, 0.6) is 5.75 Å². The van der Waals surface area contributed by atoms with Crippen LogP contribution in [0.25, 0.3) is 0 Å². The van der Waals surface area contributed by atoms with E-state index in [1.807, 2.05) is 48.5 Å². The first kappa shape index (κ1) is 15.6. The fraction of sp³-hybridized carbons (Fsp3) is 0.444. The molecule has 24 heavy (non-hydrogen) atoms. The molecule has 0 unspecified atom stereocenters. The number of aromatic nitrogens is 2. The lowest BCUT2D eigenvalue weighted by molar-refractivity contribution is -0.139. The third-order valence-electron chi connectivity index (χ3n) is 4.75. The number of hydrogen-bond acceptors (Lipinski definition) is 4. The van der Waals surface area contributed by atoms with Gasteiger partial charge in [-0.25, -0.2) is 4.98 Å². The van der Waals surface area contributed by atoms with Crippen molar-refractivity contribution in [3.63, 3.8) is 0 Å². The highest BCUT2D eigenvalue weighted by molar-refractivity contribution is 7.99. The third-order valence-corrected chi connectivity index (χ3v) is 5.87. The molecule has 2 atom stereocenters. The first-order valence-corrected chi connectivity index (χ1v) is 9.37.